The molecule has 0 bridgehead atoms. The molecule has 0 aromatic heterocycles. The summed E-state index contributed by atoms with van der Waals surface area (Å²) < 4.78 is 5.05. The highest BCUT2D eigenvalue weighted by Crippen LogP contribution is 2.17. The summed E-state index contributed by atoms with van der Waals surface area (Å²) in [6.07, 6.45) is 2.96. The largest absolute Gasteiger partial charge is 0.461 e. The number of nitrogens with zero attached hydrogens (tertiary/aromatic N) is 1. The lowest BCUT2D eigenvalue weighted by Crippen LogP contribution is -2.11. The van der Waals surface area contributed by atoms with Crippen LogP contribution in [0.5, 0.6) is 0 Å². The number of rotatable bonds is 7. The van der Waals surface area contributed by atoms with E-state index in [1.165, 1.54) is 12.1 Å². The Morgan fingerprint density at radius 2 is 1.68 bits per heavy atom. The van der Waals surface area contributed by atoms with Crippen molar-refractivity contribution in [2.24, 2.45) is 0 Å². The Hall–Kier alpha value is -3.80. The van der Waals surface area contributed by atoms with E-state index in [9.17, 15) is 19.7 Å². The monoisotopic (exact) mass is 375 g/mol. The summed E-state index contributed by atoms with van der Waals surface area (Å²) in [5, 5.41) is 12.6. The van der Waals surface area contributed by atoms with E-state index < -0.39 is 10.9 Å². The van der Waals surface area contributed by atoms with Crippen molar-refractivity contribution in [2.75, 3.05) is 6.61 Å². The van der Waals surface area contributed by atoms with Gasteiger partial charge in [0.15, 0.2) is 5.78 Å². The van der Waals surface area contributed by atoms with E-state index in [0.29, 0.717) is 5.56 Å². The fourth-order valence-electron chi connectivity index (χ4n) is 2.68. The van der Waals surface area contributed by atoms with Crippen LogP contribution in [0.2, 0.25) is 0 Å². The molecule has 0 radical (unpaired) electrons. The van der Waals surface area contributed by atoms with E-state index in [0.717, 1.165) is 16.3 Å². The van der Waals surface area contributed by atoms with Crippen LogP contribution in [0.4, 0.5) is 5.69 Å². The molecule has 140 valence electrons. The quantitative estimate of drug-likeness (QED) is 0.198. The van der Waals surface area contributed by atoms with Gasteiger partial charge in [0.1, 0.15) is 13.0 Å². The van der Waals surface area contributed by atoms with Crippen LogP contribution in [0, 0.1) is 10.1 Å². The van der Waals surface area contributed by atoms with Gasteiger partial charge in [0.05, 0.1) is 4.92 Å². The molecule has 0 amide bonds. The van der Waals surface area contributed by atoms with Gasteiger partial charge < -0.3 is 4.74 Å². The molecule has 3 rings (SSSR count). The number of ether oxygens (including phenoxy) is 1. The Balaban J connectivity index is 1.50. The lowest BCUT2D eigenvalue weighted by atomic mass is 10.0. The van der Waals surface area contributed by atoms with E-state index in [2.05, 4.69) is 0 Å². The number of carbonyl (C=O) groups is 2. The molecular formula is C22H17NO5. The van der Waals surface area contributed by atoms with E-state index in [1.54, 1.807) is 36.4 Å². The van der Waals surface area contributed by atoms with Crippen molar-refractivity contribution in [2.45, 2.75) is 6.42 Å². The zero-order valence-corrected chi connectivity index (χ0v) is 14.9. The molecule has 0 N–H and O–H groups in total. The van der Waals surface area contributed by atoms with Gasteiger partial charge in [-0.25, -0.2) is 0 Å². The second-order valence-electron chi connectivity index (χ2n) is 6.10. The number of hydrogen-bond acceptors (Lipinski definition) is 5. The molecule has 0 heterocycles. The van der Waals surface area contributed by atoms with Gasteiger partial charge in [-0.1, -0.05) is 42.5 Å². The third-order valence-electron chi connectivity index (χ3n) is 4.13. The van der Waals surface area contributed by atoms with Crippen LogP contribution in [0.15, 0.2) is 72.8 Å². The molecule has 28 heavy (non-hydrogen) atoms. The van der Waals surface area contributed by atoms with Gasteiger partial charge in [-0.15, -0.1) is 0 Å². The minimum atomic E-state index is -0.605. The lowest BCUT2D eigenvalue weighted by Gasteiger charge is -2.04. The van der Waals surface area contributed by atoms with Crippen molar-refractivity contribution in [3.8, 4) is 0 Å². The first-order valence-electron chi connectivity index (χ1n) is 8.61. The highest BCUT2D eigenvalue weighted by atomic mass is 16.6. The summed E-state index contributed by atoms with van der Waals surface area (Å²) >= 11 is 0. The Labute approximate surface area is 161 Å². The second kappa shape index (κ2) is 8.73. The Morgan fingerprint density at radius 3 is 2.39 bits per heavy atom. The van der Waals surface area contributed by atoms with Crippen molar-refractivity contribution in [1.29, 1.82) is 0 Å². The molecule has 0 aliphatic carbocycles. The van der Waals surface area contributed by atoms with Gasteiger partial charge >= 0.3 is 5.97 Å². The average Bonchev–Trinajstić information content (AvgIpc) is 2.71. The number of carbonyl (C=O) groups excluding carboxylic acids is 2. The summed E-state index contributed by atoms with van der Waals surface area (Å²) in [5.41, 5.74) is 1.22. The summed E-state index contributed by atoms with van der Waals surface area (Å²) in [6, 6.07) is 19.0. The van der Waals surface area contributed by atoms with Crippen LogP contribution < -0.4 is 0 Å². The van der Waals surface area contributed by atoms with Gasteiger partial charge in [-0.3, -0.25) is 19.7 Å². The first kappa shape index (κ1) is 19.0. The van der Waals surface area contributed by atoms with Gasteiger partial charge in [-0.2, -0.15) is 0 Å². The molecule has 6 heteroatoms. The number of fused-ring (bicyclic) bond motifs is 1. The molecule has 0 saturated heterocycles. The molecule has 0 atom stereocenters. The maximum absolute atomic E-state index is 12.3. The third kappa shape index (κ3) is 4.88. The van der Waals surface area contributed by atoms with E-state index in [1.807, 2.05) is 30.3 Å². The normalized spacial score (nSPS) is 10.9. The van der Waals surface area contributed by atoms with E-state index in [4.69, 9.17) is 4.74 Å². The summed E-state index contributed by atoms with van der Waals surface area (Å²) in [7, 11) is 0. The highest BCUT2D eigenvalue weighted by Gasteiger charge is 2.13. The zero-order chi connectivity index (χ0) is 19.9. The van der Waals surface area contributed by atoms with Gasteiger partial charge in [0.2, 0.25) is 0 Å². The molecule has 0 aliphatic rings. The molecule has 0 spiro atoms. The molecule has 0 fully saturated rings. The van der Waals surface area contributed by atoms with Crippen molar-refractivity contribution >= 4 is 34.3 Å². The number of nitro benzene ring substituents is 1. The smallest absolute Gasteiger partial charge is 0.314 e. The van der Waals surface area contributed by atoms with Crippen LogP contribution in [-0.4, -0.2) is 23.3 Å². The zero-order valence-electron chi connectivity index (χ0n) is 14.9. The number of ketones is 1. The number of Topliss-reactive ketones (excluding diaryl/α,β-unsaturated/α-hetero) is 1. The average molecular weight is 375 g/mol. The van der Waals surface area contributed by atoms with E-state index in [-0.39, 0.29) is 24.5 Å². The summed E-state index contributed by atoms with van der Waals surface area (Å²) in [6.45, 7) is 0.0147. The SMILES string of the molecule is O=C(CC(=O)c1ccc2ccccc2c1)OC/C=C/c1ccc([N+](=O)[O-])cc1. The third-order valence-corrected chi connectivity index (χ3v) is 4.13. The maximum atomic E-state index is 12.3. The molecule has 6 nitrogen and oxygen atoms in total. The molecule has 0 unspecified atom stereocenters. The van der Waals surface area contributed by atoms with Gasteiger partial charge in [0.25, 0.3) is 5.69 Å². The van der Waals surface area contributed by atoms with Crippen molar-refractivity contribution < 1.29 is 19.2 Å². The van der Waals surface area contributed by atoms with Crippen molar-refractivity contribution in [3.05, 3.63) is 94.0 Å². The maximum Gasteiger partial charge on any atom is 0.314 e. The number of non-ortho nitro benzene ring substituents is 1. The Kier molecular flexibility index (Phi) is 5.91. The first-order chi connectivity index (χ1) is 13.5. The number of hydrogen-bond donors (Lipinski definition) is 0. The summed E-state index contributed by atoms with van der Waals surface area (Å²) in [5.74, 6) is -0.901. The second-order valence-corrected chi connectivity index (χ2v) is 6.10. The highest BCUT2D eigenvalue weighted by molar-refractivity contribution is 6.07. The predicted molar refractivity (Wildman–Crippen MR) is 106 cm³/mol. The minimum absolute atomic E-state index is 0.00998. The van der Waals surface area contributed by atoms with Crippen LogP contribution in [0.1, 0.15) is 22.3 Å². The lowest BCUT2D eigenvalue weighted by molar-refractivity contribution is -0.384. The van der Waals surface area contributed by atoms with Crippen molar-refractivity contribution in [3.63, 3.8) is 0 Å². The van der Waals surface area contributed by atoms with Crippen LogP contribution in [0.25, 0.3) is 16.8 Å². The molecule has 3 aromatic rings. The van der Waals surface area contributed by atoms with Gasteiger partial charge in [-0.05, 0) is 40.6 Å². The first-order valence-corrected chi connectivity index (χ1v) is 8.61. The molecule has 3 aromatic carbocycles. The van der Waals surface area contributed by atoms with Crippen LogP contribution >= 0.6 is 0 Å². The number of benzene rings is 3. The topological polar surface area (TPSA) is 86.5 Å². The van der Waals surface area contributed by atoms with Crippen molar-refractivity contribution in [1.82, 2.24) is 0 Å². The van der Waals surface area contributed by atoms with Gasteiger partial charge in [0, 0.05) is 17.7 Å². The number of nitro groups is 1. The summed E-state index contributed by atoms with van der Waals surface area (Å²) in [4.78, 5) is 34.3. The Bertz CT molecular complexity index is 1050. The predicted octanol–water partition coefficient (Wildman–Crippen LogP) is 4.58. The molecule has 0 saturated carbocycles. The Morgan fingerprint density at radius 1 is 0.964 bits per heavy atom. The minimum Gasteiger partial charge on any atom is -0.461 e. The van der Waals surface area contributed by atoms with Crippen LogP contribution in [0.3, 0.4) is 0 Å². The number of esters is 1. The standard InChI is InChI=1S/C22H17NO5/c24-21(19-10-9-17-5-1-2-6-18(17)14-19)15-22(25)28-13-3-4-16-7-11-20(12-8-16)23(26)27/h1-12,14H,13,15H2/b4-3+. The van der Waals surface area contributed by atoms with Crippen LogP contribution in [-0.2, 0) is 9.53 Å². The molecular weight excluding hydrogens is 358 g/mol. The van der Waals surface area contributed by atoms with E-state index >= 15 is 0 Å². The fourth-order valence-corrected chi connectivity index (χ4v) is 2.68. The fraction of sp³-hybridized carbons (Fsp3) is 0.0909. The molecule has 0 aliphatic heterocycles.